The molecule has 0 spiro atoms. The minimum atomic E-state index is -0.607. The third kappa shape index (κ3) is 5.47. The molecule has 1 atom stereocenters. The fourth-order valence-electron chi connectivity index (χ4n) is 5.13. The minimum absolute atomic E-state index is 0.0728. The molecule has 0 bridgehead atoms. The molecule has 0 unspecified atom stereocenters. The van der Waals surface area contributed by atoms with Crippen molar-refractivity contribution in [2.45, 2.75) is 64.8 Å². The maximum atomic E-state index is 12.9. The number of aromatic nitrogens is 4. The lowest BCUT2D eigenvalue weighted by Crippen LogP contribution is -2.33. The summed E-state index contributed by atoms with van der Waals surface area (Å²) in [5.74, 6) is 2.17. The van der Waals surface area contributed by atoms with Crippen LogP contribution in [-0.4, -0.2) is 66.1 Å². The highest BCUT2D eigenvalue weighted by Crippen LogP contribution is 2.35. The van der Waals surface area contributed by atoms with Gasteiger partial charge in [-0.2, -0.15) is 4.98 Å². The Morgan fingerprint density at radius 3 is 2.55 bits per heavy atom. The Morgan fingerprint density at radius 1 is 1.02 bits per heavy atom. The van der Waals surface area contributed by atoms with Gasteiger partial charge in [0.1, 0.15) is 17.2 Å². The summed E-state index contributed by atoms with van der Waals surface area (Å²) in [6, 6.07) is 7.25. The Balaban J connectivity index is 1.30. The second-order valence-electron chi connectivity index (χ2n) is 11.6. The van der Waals surface area contributed by atoms with E-state index in [0.717, 1.165) is 42.8 Å². The van der Waals surface area contributed by atoms with Crippen molar-refractivity contribution in [3.63, 3.8) is 0 Å². The van der Waals surface area contributed by atoms with E-state index in [-0.39, 0.29) is 17.9 Å². The number of benzene rings is 1. The number of hydrogen-bond donors (Lipinski definition) is 1. The summed E-state index contributed by atoms with van der Waals surface area (Å²) in [5, 5.41) is 4.28. The van der Waals surface area contributed by atoms with Crippen LogP contribution in [0.4, 0.5) is 10.7 Å². The van der Waals surface area contributed by atoms with Gasteiger partial charge in [0.15, 0.2) is 0 Å². The maximum absolute atomic E-state index is 12.9. The van der Waals surface area contributed by atoms with E-state index in [1.165, 1.54) is 0 Å². The SMILES string of the molecule is CC(C)(C)OC(=O)N1Cc2nc(-c3ccc(Cl)c(Cl)c3)n(-c3ccnc(N[C@@H]4CCN(C(=O)C5CC5)C4)n3)c2C1. The number of carbonyl (C=O) groups excluding carboxylic acids is 2. The monoisotopic (exact) mass is 583 g/mol. The van der Waals surface area contributed by atoms with E-state index < -0.39 is 11.7 Å². The number of likely N-dealkylation sites (tertiary alicyclic amines) is 1. The van der Waals surface area contributed by atoms with Gasteiger partial charge in [-0.15, -0.1) is 0 Å². The average Bonchev–Trinajstić information content (AvgIpc) is 3.33. The number of nitrogens with zero attached hydrogens (tertiary/aromatic N) is 6. The number of anilines is 1. The van der Waals surface area contributed by atoms with Gasteiger partial charge in [-0.3, -0.25) is 14.3 Å². The standard InChI is InChI=1S/C28H31Cl2N7O3/c1-28(2,3)40-27(39)36-14-21-22(15-36)37(24(33-21)17-6-7-19(29)20(30)12-17)23-8-10-31-26(34-23)32-18-9-11-35(13-18)25(38)16-4-5-16/h6-8,10,12,16,18H,4-5,9,11,13-15H2,1-3H3,(H,31,32,34)/t18-/m1/s1. The van der Waals surface area contributed by atoms with Crippen LogP contribution in [0.3, 0.4) is 0 Å². The summed E-state index contributed by atoms with van der Waals surface area (Å²) in [4.78, 5) is 43.1. The molecule has 2 aliphatic heterocycles. The summed E-state index contributed by atoms with van der Waals surface area (Å²) < 4.78 is 7.54. The highest BCUT2D eigenvalue weighted by Gasteiger charge is 2.37. The number of nitrogens with one attached hydrogen (secondary N) is 1. The molecule has 4 heterocycles. The van der Waals surface area contributed by atoms with Crippen molar-refractivity contribution in [1.82, 2.24) is 29.3 Å². The molecule has 2 aromatic heterocycles. The summed E-state index contributed by atoms with van der Waals surface area (Å²) >= 11 is 12.5. The second kappa shape index (κ2) is 10.2. The van der Waals surface area contributed by atoms with E-state index in [2.05, 4.69) is 10.3 Å². The van der Waals surface area contributed by atoms with Gasteiger partial charge in [0.2, 0.25) is 11.9 Å². The van der Waals surface area contributed by atoms with Gasteiger partial charge in [-0.25, -0.2) is 14.8 Å². The van der Waals surface area contributed by atoms with Crippen LogP contribution in [0, 0.1) is 5.92 Å². The number of ether oxygens (including phenoxy) is 1. The van der Waals surface area contributed by atoms with Crippen molar-refractivity contribution in [3.05, 3.63) is 51.9 Å². The second-order valence-corrected chi connectivity index (χ2v) is 12.4. The first kappa shape index (κ1) is 26.8. The van der Waals surface area contributed by atoms with Gasteiger partial charge in [0, 0.05) is 36.8 Å². The third-order valence-electron chi connectivity index (χ3n) is 7.20. The number of halogens is 2. The van der Waals surface area contributed by atoms with Crippen molar-refractivity contribution in [3.8, 4) is 17.2 Å². The van der Waals surface area contributed by atoms with Crippen LogP contribution in [0.1, 0.15) is 51.4 Å². The number of amides is 2. The topological polar surface area (TPSA) is 105 Å². The molecule has 12 heteroatoms. The van der Waals surface area contributed by atoms with E-state index in [4.69, 9.17) is 37.9 Å². The molecule has 2 amide bonds. The number of carbonyl (C=O) groups is 2. The molecule has 6 rings (SSSR count). The van der Waals surface area contributed by atoms with Crippen LogP contribution < -0.4 is 5.32 Å². The van der Waals surface area contributed by atoms with Crippen molar-refractivity contribution < 1.29 is 14.3 Å². The van der Waals surface area contributed by atoms with E-state index in [1.807, 2.05) is 42.4 Å². The van der Waals surface area contributed by atoms with Gasteiger partial charge in [-0.1, -0.05) is 23.2 Å². The van der Waals surface area contributed by atoms with Crippen LogP contribution in [0.5, 0.6) is 0 Å². The van der Waals surface area contributed by atoms with Crippen LogP contribution >= 0.6 is 23.2 Å². The molecule has 1 aromatic carbocycles. The lowest BCUT2D eigenvalue weighted by Gasteiger charge is -2.24. The van der Waals surface area contributed by atoms with Crippen LogP contribution in [0.25, 0.3) is 17.2 Å². The quantitative estimate of drug-likeness (QED) is 0.434. The van der Waals surface area contributed by atoms with Crippen molar-refractivity contribution in [2.75, 3.05) is 18.4 Å². The third-order valence-corrected chi connectivity index (χ3v) is 7.94. The fraction of sp³-hybridized carbons (Fsp3) is 0.464. The van der Waals surface area contributed by atoms with Gasteiger partial charge in [0.25, 0.3) is 0 Å². The van der Waals surface area contributed by atoms with Gasteiger partial charge < -0.3 is 15.0 Å². The molecule has 10 nitrogen and oxygen atoms in total. The molecular formula is C28H31Cl2N7O3. The van der Waals surface area contributed by atoms with Crippen molar-refractivity contribution in [1.29, 1.82) is 0 Å². The highest BCUT2D eigenvalue weighted by atomic mass is 35.5. The van der Waals surface area contributed by atoms with Gasteiger partial charge in [0.05, 0.1) is 34.5 Å². The van der Waals surface area contributed by atoms with Crippen molar-refractivity contribution >= 4 is 41.2 Å². The Labute approximate surface area is 242 Å². The smallest absolute Gasteiger partial charge is 0.410 e. The van der Waals surface area contributed by atoms with Crippen LogP contribution in [0.15, 0.2) is 30.5 Å². The number of hydrogen-bond acceptors (Lipinski definition) is 7. The average molecular weight is 585 g/mol. The van der Waals surface area contributed by atoms with Crippen LogP contribution in [0.2, 0.25) is 10.0 Å². The summed E-state index contributed by atoms with van der Waals surface area (Å²) in [7, 11) is 0. The molecule has 1 aliphatic carbocycles. The van der Waals surface area contributed by atoms with Gasteiger partial charge >= 0.3 is 6.09 Å². The summed E-state index contributed by atoms with van der Waals surface area (Å²) in [6.07, 6.45) is 4.13. The zero-order valence-corrected chi connectivity index (χ0v) is 24.2. The normalized spacial score (nSPS) is 18.7. The first-order valence-electron chi connectivity index (χ1n) is 13.5. The maximum Gasteiger partial charge on any atom is 0.410 e. The zero-order valence-electron chi connectivity index (χ0n) is 22.7. The number of imidazole rings is 1. The predicted octanol–water partition coefficient (Wildman–Crippen LogP) is 5.31. The van der Waals surface area contributed by atoms with Crippen molar-refractivity contribution in [2.24, 2.45) is 5.92 Å². The lowest BCUT2D eigenvalue weighted by atomic mass is 10.2. The lowest BCUT2D eigenvalue weighted by molar-refractivity contribution is -0.131. The summed E-state index contributed by atoms with van der Waals surface area (Å²) in [5.41, 5.74) is 1.75. The molecule has 2 fully saturated rings. The molecule has 40 heavy (non-hydrogen) atoms. The predicted molar refractivity (Wildman–Crippen MR) is 151 cm³/mol. The molecule has 1 saturated heterocycles. The van der Waals surface area contributed by atoms with E-state index in [0.29, 0.717) is 47.3 Å². The first-order chi connectivity index (χ1) is 19.1. The molecule has 210 valence electrons. The highest BCUT2D eigenvalue weighted by molar-refractivity contribution is 6.42. The fourth-order valence-corrected chi connectivity index (χ4v) is 5.43. The largest absolute Gasteiger partial charge is 0.444 e. The van der Waals surface area contributed by atoms with E-state index in [9.17, 15) is 9.59 Å². The molecule has 0 radical (unpaired) electrons. The summed E-state index contributed by atoms with van der Waals surface area (Å²) in [6.45, 7) is 7.54. The Hall–Kier alpha value is -3.37. The van der Waals surface area contributed by atoms with Crippen LogP contribution in [-0.2, 0) is 22.6 Å². The molecular weight excluding hydrogens is 553 g/mol. The number of rotatable bonds is 5. The van der Waals surface area contributed by atoms with E-state index in [1.54, 1.807) is 23.2 Å². The Morgan fingerprint density at radius 2 is 1.82 bits per heavy atom. The first-order valence-corrected chi connectivity index (χ1v) is 14.2. The van der Waals surface area contributed by atoms with E-state index >= 15 is 0 Å². The Kier molecular flexibility index (Phi) is 6.86. The minimum Gasteiger partial charge on any atom is -0.444 e. The molecule has 3 aromatic rings. The molecule has 3 aliphatic rings. The zero-order chi connectivity index (χ0) is 28.2. The molecule has 1 saturated carbocycles. The van der Waals surface area contributed by atoms with Gasteiger partial charge in [-0.05, 0) is 64.3 Å². The Bertz CT molecular complexity index is 1480. The number of fused-ring (bicyclic) bond motifs is 1. The molecule has 1 N–H and O–H groups in total.